The van der Waals surface area contributed by atoms with Gasteiger partial charge >= 0.3 is 0 Å². The van der Waals surface area contributed by atoms with Crippen molar-refractivity contribution in [2.45, 2.75) is 58.0 Å². The Kier molecular flexibility index (Phi) is 6.95. The van der Waals surface area contributed by atoms with Gasteiger partial charge in [0.15, 0.2) is 0 Å². The SMILES string of the molecule is CCCC[N+]([O-])(CCCC)CCC1(C#N)c2ccccc2COc2ccccc21. The molecule has 0 saturated heterocycles. The van der Waals surface area contributed by atoms with Crippen LogP contribution in [0, 0.1) is 16.5 Å². The van der Waals surface area contributed by atoms with E-state index in [1.54, 1.807) is 0 Å². The molecule has 0 fully saturated rings. The Morgan fingerprint density at radius 1 is 0.966 bits per heavy atom. The summed E-state index contributed by atoms with van der Waals surface area (Å²) >= 11 is 0. The first-order valence-corrected chi connectivity index (χ1v) is 10.9. The zero-order valence-electron chi connectivity index (χ0n) is 17.7. The van der Waals surface area contributed by atoms with E-state index >= 15 is 0 Å². The van der Waals surface area contributed by atoms with E-state index in [1.165, 1.54) is 0 Å². The zero-order valence-corrected chi connectivity index (χ0v) is 17.7. The molecule has 1 aliphatic heterocycles. The van der Waals surface area contributed by atoms with Gasteiger partial charge in [0.1, 0.15) is 17.8 Å². The highest BCUT2D eigenvalue weighted by molar-refractivity contribution is 5.55. The molecule has 1 aliphatic rings. The molecule has 0 N–H and O–H groups in total. The first kappa shape index (κ1) is 21.4. The zero-order chi connectivity index (χ0) is 20.7. The number of hydrogen-bond acceptors (Lipinski definition) is 3. The number of ether oxygens (including phenoxy) is 1. The minimum Gasteiger partial charge on any atom is -0.633 e. The van der Waals surface area contributed by atoms with Crippen LogP contribution in [-0.4, -0.2) is 24.3 Å². The molecule has 4 nitrogen and oxygen atoms in total. The molecule has 3 rings (SSSR count). The van der Waals surface area contributed by atoms with Gasteiger partial charge in [-0.05, 0) is 30.0 Å². The van der Waals surface area contributed by atoms with Crippen LogP contribution in [0.25, 0.3) is 0 Å². The van der Waals surface area contributed by atoms with Gasteiger partial charge in [0.25, 0.3) is 0 Å². The van der Waals surface area contributed by atoms with Crippen molar-refractivity contribution in [1.82, 2.24) is 0 Å². The van der Waals surface area contributed by atoms with E-state index in [1.807, 2.05) is 48.5 Å². The fourth-order valence-corrected chi connectivity index (χ4v) is 4.35. The van der Waals surface area contributed by atoms with Crippen molar-refractivity contribution in [3.05, 3.63) is 70.4 Å². The quantitative estimate of drug-likeness (QED) is 0.407. The highest BCUT2D eigenvalue weighted by atomic mass is 16.5. The maximum atomic E-state index is 13.6. The standard InChI is InChI=1S/C25H32N2O2/c1-3-5-16-27(28,17-6-4-2)18-15-25(20-26)22-12-8-7-11-21(22)19-29-24-14-10-9-13-23(24)25/h7-14H,3-6,15-19H2,1-2H3. The first-order chi connectivity index (χ1) is 14.1. The Bertz CT molecular complexity index is 800. The number of unbranched alkanes of at least 4 members (excludes halogenated alkanes) is 2. The molecule has 2 aromatic rings. The summed E-state index contributed by atoms with van der Waals surface area (Å²) in [5, 5.41) is 24.1. The van der Waals surface area contributed by atoms with Gasteiger partial charge in [-0.3, -0.25) is 0 Å². The molecule has 1 unspecified atom stereocenters. The largest absolute Gasteiger partial charge is 0.633 e. The van der Waals surface area contributed by atoms with E-state index in [-0.39, 0.29) is 4.65 Å². The molecule has 29 heavy (non-hydrogen) atoms. The van der Waals surface area contributed by atoms with Gasteiger partial charge in [-0.15, -0.1) is 0 Å². The maximum absolute atomic E-state index is 13.6. The summed E-state index contributed by atoms with van der Waals surface area (Å²) < 4.78 is 5.85. The second-order valence-electron chi connectivity index (χ2n) is 8.15. The van der Waals surface area contributed by atoms with Gasteiger partial charge in [-0.2, -0.15) is 5.26 Å². The lowest BCUT2D eigenvalue weighted by molar-refractivity contribution is -0.881. The Morgan fingerprint density at radius 3 is 2.24 bits per heavy atom. The Morgan fingerprint density at radius 2 is 1.59 bits per heavy atom. The van der Waals surface area contributed by atoms with Crippen LogP contribution in [0.3, 0.4) is 0 Å². The summed E-state index contributed by atoms with van der Waals surface area (Å²) in [6.45, 7) is 6.37. The molecular formula is C25H32N2O2. The molecule has 1 heterocycles. The number of hydrogen-bond donors (Lipinski definition) is 0. The third-order valence-corrected chi connectivity index (χ3v) is 6.13. The van der Waals surface area contributed by atoms with Crippen molar-refractivity contribution < 1.29 is 9.38 Å². The first-order valence-electron chi connectivity index (χ1n) is 10.9. The van der Waals surface area contributed by atoms with E-state index in [2.05, 4.69) is 19.9 Å². The highest BCUT2D eigenvalue weighted by Crippen LogP contribution is 2.44. The molecule has 0 amide bonds. The third kappa shape index (κ3) is 4.47. The van der Waals surface area contributed by atoms with Gasteiger partial charge in [-0.25, -0.2) is 0 Å². The van der Waals surface area contributed by atoms with Crippen molar-refractivity contribution >= 4 is 0 Å². The summed E-state index contributed by atoms with van der Waals surface area (Å²) in [5.74, 6) is 0.747. The predicted octanol–water partition coefficient (Wildman–Crippen LogP) is 5.69. The molecule has 0 bridgehead atoms. The lowest BCUT2D eigenvalue weighted by Crippen LogP contribution is -2.47. The van der Waals surface area contributed by atoms with Crippen LogP contribution in [0.1, 0.15) is 62.6 Å². The lowest BCUT2D eigenvalue weighted by atomic mass is 9.71. The molecule has 154 valence electrons. The summed E-state index contributed by atoms with van der Waals surface area (Å²) in [7, 11) is 0. The summed E-state index contributed by atoms with van der Waals surface area (Å²) in [4.78, 5) is 0. The number of nitrogens with zero attached hydrogens (tertiary/aromatic N) is 2. The average Bonchev–Trinajstić information content (AvgIpc) is 2.90. The van der Waals surface area contributed by atoms with Crippen LogP contribution in [0.2, 0.25) is 0 Å². The van der Waals surface area contributed by atoms with Crippen LogP contribution in [0.5, 0.6) is 5.75 Å². The average molecular weight is 393 g/mol. The van der Waals surface area contributed by atoms with Gasteiger partial charge in [0, 0.05) is 12.0 Å². The fourth-order valence-electron chi connectivity index (χ4n) is 4.35. The van der Waals surface area contributed by atoms with Crippen LogP contribution in [0.4, 0.5) is 0 Å². The summed E-state index contributed by atoms with van der Waals surface area (Å²) in [6, 6.07) is 18.5. The van der Waals surface area contributed by atoms with Crippen molar-refractivity contribution in [1.29, 1.82) is 5.26 Å². The number of benzene rings is 2. The number of hydroxylamine groups is 3. The molecule has 0 aromatic heterocycles. The van der Waals surface area contributed by atoms with Crippen molar-refractivity contribution in [3.8, 4) is 11.8 Å². The molecule has 0 radical (unpaired) electrons. The van der Waals surface area contributed by atoms with E-state index in [4.69, 9.17) is 4.74 Å². The van der Waals surface area contributed by atoms with Crippen LogP contribution < -0.4 is 4.74 Å². The van der Waals surface area contributed by atoms with Crippen LogP contribution in [0.15, 0.2) is 48.5 Å². The van der Waals surface area contributed by atoms with Gasteiger partial charge in [0.2, 0.25) is 0 Å². The van der Waals surface area contributed by atoms with Gasteiger partial charge in [-0.1, -0.05) is 69.2 Å². The monoisotopic (exact) mass is 392 g/mol. The molecule has 4 heteroatoms. The van der Waals surface area contributed by atoms with Gasteiger partial charge in [0.05, 0.1) is 25.7 Å². The fraction of sp³-hybridized carbons (Fsp3) is 0.480. The number of nitriles is 1. The van der Waals surface area contributed by atoms with E-state index in [0.717, 1.165) is 48.1 Å². The van der Waals surface area contributed by atoms with E-state index in [0.29, 0.717) is 32.7 Å². The minimum absolute atomic E-state index is 0.212. The molecule has 2 aromatic carbocycles. The molecule has 0 saturated carbocycles. The second kappa shape index (κ2) is 9.43. The van der Waals surface area contributed by atoms with E-state index < -0.39 is 5.41 Å². The summed E-state index contributed by atoms with van der Waals surface area (Å²) in [6.07, 6.45) is 4.36. The van der Waals surface area contributed by atoms with E-state index in [9.17, 15) is 10.5 Å². The number of quaternary nitrogens is 1. The number of rotatable bonds is 9. The summed E-state index contributed by atoms with van der Waals surface area (Å²) in [5.41, 5.74) is 2.02. The second-order valence-corrected chi connectivity index (χ2v) is 8.15. The number of fused-ring (bicyclic) bond motifs is 2. The molecule has 0 spiro atoms. The smallest absolute Gasteiger partial charge is 0.124 e. The van der Waals surface area contributed by atoms with Gasteiger partial charge < -0.3 is 14.6 Å². The molecule has 0 aliphatic carbocycles. The predicted molar refractivity (Wildman–Crippen MR) is 116 cm³/mol. The van der Waals surface area contributed by atoms with Crippen LogP contribution in [-0.2, 0) is 12.0 Å². The molecule has 1 atom stereocenters. The molecular weight excluding hydrogens is 360 g/mol. The number of para-hydroxylation sites is 1. The Hall–Kier alpha value is -2.35. The van der Waals surface area contributed by atoms with Crippen molar-refractivity contribution in [2.75, 3.05) is 19.6 Å². The highest BCUT2D eigenvalue weighted by Gasteiger charge is 2.41. The van der Waals surface area contributed by atoms with Crippen molar-refractivity contribution in [2.24, 2.45) is 0 Å². The van der Waals surface area contributed by atoms with Crippen LogP contribution >= 0.6 is 0 Å². The maximum Gasteiger partial charge on any atom is 0.124 e. The lowest BCUT2D eigenvalue weighted by Gasteiger charge is -2.45. The topological polar surface area (TPSA) is 56.1 Å². The Balaban J connectivity index is 2.02. The normalized spacial score (nSPS) is 18.1. The third-order valence-electron chi connectivity index (χ3n) is 6.13. The minimum atomic E-state index is -0.865. The van der Waals surface area contributed by atoms with Crippen molar-refractivity contribution in [3.63, 3.8) is 0 Å². The Labute approximate surface area is 174 Å².